The highest BCUT2D eigenvalue weighted by atomic mass is 19.4. The Morgan fingerprint density at radius 1 is 0.878 bits per heavy atom. The fourth-order valence-electron chi connectivity index (χ4n) is 6.27. The number of carbonyl (C=O) groups is 3. The molecule has 0 bridgehead atoms. The molecule has 4 unspecified atom stereocenters. The van der Waals surface area contributed by atoms with Gasteiger partial charge in [0.25, 0.3) is 0 Å². The maximum atomic E-state index is 14.0. The Labute approximate surface area is 231 Å². The number of ether oxygens (including phenoxy) is 2. The van der Waals surface area contributed by atoms with Crippen LogP contribution >= 0.6 is 0 Å². The van der Waals surface area contributed by atoms with Crippen molar-refractivity contribution in [1.29, 1.82) is 0 Å². The molecule has 3 aromatic rings. The third-order valence-electron chi connectivity index (χ3n) is 7.97. The lowest BCUT2D eigenvalue weighted by molar-refractivity contribution is -0.137. The summed E-state index contributed by atoms with van der Waals surface area (Å²) in [5.41, 5.74) is 0.948. The van der Waals surface area contributed by atoms with Crippen LogP contribution in [0.3, 0.4) is 0 Å². The minimum atomic E-state index is -4.60. The molecule has 4 aliphatic rings. The summed E-state index contributed by atoms with van der Waals surface area (Å²) < 4.78 is 51.1. The van der Waals surface area contributed by atoms with Gasteiger partial charge in [-0.15, -0.1) is 0 Å². The summed E-state index contributed by atoms with van der Waals surface area (Å²) in [5.74, 6) is -2.81. The van der Waals surface area contributed by atoms with Crippen molar-refractivity contribution in [2.45, 2.75) is 18.3 Å². The molecule has 0 aromatic heterocycles. The van der Waals surface area contributed by atoms with Crippen LogP contribution in [-0.2, 0) is 20.6 Å². The SMILES string of the molecule is O=C(Nc1cccc(C(F)(F)F)c1)C1C2C(=O)N(c3ccc4c(c3)OCCO4)C(=O)C2C2c3ccccc3C=CN12. The van der Waals surface area contributed by atoms with E-state index in [1.807, 2.05) is 24.3 Å². The monoisotopic (exact) mass is 561 g/mol. The molecule has 4 atom stereocenters. The number of benzene rings is 3. The largest absolute Gasteiger partial charge is 0.486 e. The Balaban J connectivity index is 1.28. The Bertz CT molecular complexity index is 1640. The number of rotatable bonds is 3. The molecular weight excluding hydrogens is 539 g/mol. The minimum absolute atomic E-state index is 0.0633. The first-order valence-electron chi connectivity index (χ1n) is 13.0. The molecular formula is C30H22F3N3O5. The van der Waals surface area contributed by atoms with E-state index in [4.69, 9.17) is 9.47 Å². The number of alkyl halides is 3. The number of carbonyl (C=O) groups excluding carboxylic acids is 3. The molecule has 41 heavy (non-hydrogen) atoms. The standard InChI is InChI=1S/C30H22F3N3O5/c31-30(32,33)17-5-3-6-18(14-17)34-27(37)26-24-23(25-20-7-2-1-4-16(20)10-11-35(25)26)28(38)36(29(24)39)19-8-9-21-22(15-19)41-13-12-40-21/h1-11,14-15,23-26H,12-13H2,(H,34,37). The zero-order valence-corrected chi connectivity index (χ0v) is 21.3. The van der Waals surface area contributed by atoms with Crippen LogP contribution in [0.2, 0.25) is 0 Å². The molecule has 2 saturated heterocycles. The van der Waals surface area contributed by atoms with Crippen molar-refractivity contribution in [3.05, 3.63) is 89.6 Å². The molecule has 3 aromatic carbocycles. The molecule has 0 aliphatic carbocycles. The molecule has 7 rings (SSSR count). The minimum Gasteiger partial charge on any atom is -0.486 e. The average Bonchev–Trinajstić information content (AvgIpc) is 3.44. The number of hydrogen-bond acceptors (Lipinski definition) is 6. The van der Waals surface area contributed by atoms with E-state index in [1.54, 1.807) is 35.4 Å². The van der Waals surface area contributed by atoms with Crippen LogP contribution in [0.1, 0.15) is 22.7 Å². The van der Waals surface area contributed by atoms with Crippen molar-refractivity contribution < 1.29 is 37.0 Å². The van der Waals surface area contributed by atoms with E-state index in [1.165, 1.54) is 12.1 Å². The van der Waals surface area contributed by atoms with E-state index >= 15 is 0 Å². The zero-order valence-electron chi connectivity index (χ0n) is 21.3. The normalized spacial score (nSPS) is 24.2. The summed E-state index contributed by atoms with van der Waals surface area (Å²) in [6, 6.07) is 14.7. The summed E-state index contributed by atoms with van der Waals surface area (Å²) >= 11 is 0. The Morgan fingerprint density at radius 3 is 2.44 bits per heavy atom. The molecule has 4 aliphatic heterocycles. The molecule has 3 amide bonds. The smallest absolute Gasteiger partial charge is 0.416 e. The van der Waals surface area contributed by atoms with Gasteiger partial charge in [-0.3, -0.25) is 14.4 Å². The number of nitrogens with one attached hydrogen (secondary N) is 1. The summed E-state index contributed by atoms with van der Waals surface area (Å²) in [6.45, 7) is 0.701. The van der Waals surface area contributed by atoms with Gasteiger partial charge >= 0.3 is 6.18 Å². The molecule has 2 fully saturated rings. The Hall–Kier alpha value is -4.80. The summed E-state index contributed by atoms with van der Waals surface area (Å²) in [6.07, 6.45) is -1.12. The lowest BCUT2D eigenvalue weighted by Gasteiger charge is -2.35. The third-order valence-corrected chi connectivity index (χ3v) is 7.97. The van der Waals surface area contributed by atoms with Crippen molar-refractivity contribution in [1.82, 2.24) is 4.90 Å². The van der Waals surface area contributed by atoms with Crippen molar-refractivity contribution in [2.24, 2.45) is 11.8 Å². The number of fused-ring (bicyclic) bond motifs is 6. The first kappa shape index (κ1) is 25.2. The van der Waals surface area contributed by atoms with Crippen molar-refractivity contribution in [2.75, 3.05) is 23.4 Å². The summed E-state index contributed by atoms with van der Waals surface area (Å²) in [5, 5.41) is 2.56. The van der Waals surface area contributed by atoms with Gasteiger partial charge in [0.1, 0.15) is 19.3 Å². The van der Waals surface area contributed by atoms with Crippen LogP contribution < -0.4 is 19.7 Å². The predicted molar refractivity (Wildman–Crippen MR) is 141 cm³/mol. The van der Waals surface area contributed by atoms with Gasteiger partial charge in [0.15, 0.2) is 11.5 Å². The van der Waals surface area contributed by atoms with Crippen LogP contribution in [0.15, 0.2) is 72.9 Å². The predicted octanol–water partition coefficient (Wildman–Crippen LogP) is 4.63. The zero-order chi connectivity index (χ0) is 28.5. The fraction of sp³-hybridized carbons (Fsp3) is 0.233. The molecule has 208 valence electrons. The number of hydrogen-bond donors (Lipinski definition) is 1. The van der Waals surface area contributed by atoms with E-state index < -0.39 is 53.4 Å². The molecule has 11 heteroatoms. The topological polar surface area (TPSA) is 88.2 Å². The van der Waals surface area contributed by atoms with Gasteiger partial charge in [-0.2, -0.15) is 13.2 Å². The first-order valence-corrected chi connectivity index (χ1v) is 13.0. The summed E-state index contributed by atoms with van der Waals surface area (Å²) in [4.78, 5) is 44.6. The number of anilines is 2. The van der Waals surface area contributed by atoms with Gasteiger partial charge in [-0.1, -0.05) is 30.3 Å². The molecule has 0 saturated carbocycles. The van der Waals surface area contributed by atoms with E-state index in [-0.39, 0.29) is 5.69 Å². The molecule has 8 nitrogen and oxygen atoms in total. The summed E-state index contributed by atoms with van der Waals surface area (Å²) in [7, 11) is 0. The molecule has 0 radical (unpaired) electrons. The maximum absolute atomic E-state index is 14.0. The van der Waals surface area contributed by atoms with Crippen LogP contribution in [0, 0.1) is 11.8 Å². The molecule has 4 heterocycles. The van der Waals surface area contributed by atoms with Crippen molar-refractivity contribution >= 4 is 35.2 Å². The van der Waals surface area contributed by atoms with E-state index in [9.17, 15) is 27.6 Å². The quantitative estimate of drug-likeness (QED) is 0.470. The van der Waals surface area contributed by atoms with Gasteiger partial charge in [-0.05, 0) is 47.5 Å². The second-order valence-electron chi connectivity index (χ2n) is 10.2. The van der Waals surface area contributed by atoms with Crippen LogP contribution in [0.4, 0.5) is 24.5 Å². The number of nitrogens with zero attached hydrogens (tertiary/aromatic N) is 2. The van der Waals surface area contributed by atoms with Gasteiger partial charge in [0, 0.05) is 18.0 Å². The lowest BCUT2D eigenvalue weighted by atomic mass is 9.84. The van der Waals surface area contributed by atoms with Crippen LogP contribution in [0.25, 0.3) is 6.08 Å². The maximum Gasteiger partial charge on any atom is 0.416 e. The van der Waals surface area contributed by atoms with Crippen molar-refractivity contribution in [3.63, 3.8) is 0 Å². The average molecular weight is 562 g/mol. The second kappa shape index (κ2) is 9.12. The Morgan fingerprint density at radius 2 is 1.63 bits per heavy atom. The van der Waals surface area contributed by atoms with E-state index in [2.05, 4.69) is 5.32 Å². The highest BCUT2D eigenvalue weighted by Gasteiger charge is 2.64. The number of amides is 3. The van der Waals surface area contributed by atoms with Gasteiger partial charge in [0.2, 0.25) is 17.7 Å². The lowest BCUT2D eigenvalue weighted by Crippen LogP contribution is -2.46. The van der Waals surface area contributed by atoms with Crippen molar-refractivity contribution in [3.8, 4) is 11.5 Å². The van der Waals surface area contributed by atoms with Gasteiger partial charge in [-0.25, -0.2) is 4.90 Å². The highest BCUT2D eigenvalue weighted by Crippen LogP contribution is 2.53. The fourth-order valence-corrected chi connectivity index (χ4v) is 6.27. The van der Waals surface area contributed by atoms with E-state index in [0.29, 0.717) is 30.4 Å². The number of halogens is 3. The molecule has 1 N–H and O–H groups in total. The van der Waals surface area contributed by atoms with Gasteiger partial charge in [0.05, 0.1) is 29.1 Å². The Kier molecular flexibility index (Phi) is 5.60. The second-order valence-corrected chi connectivity index (χ2v) is 10.2. The highest BCUT2D eigenvalue weighted by molar-refractivity contribution is 6.24. The molecule has 0 spiro atoms. The van der Waals surface area contributed by atoms with Gasteiger partial charge < -0.3 is 19.7 Å². The third kappa shape index (κ3) is 3.94. The van der Waals surface area contributed by atoms with Crippen LogP contribution in [-0.4, -0.2) is 41.9 Å². The number of imide groups is 1. The van der Waals surface area contributed by atoms with Crippen LogP contribution in [0.5, 0.6) is 11.5 Å². The first-order chi connectivity index (χ1) is 19.7. The van der Waals surface area contributed by atoms with E-state index in [0.717, 1.165) is 28.2 Å².